The van der Waals surface area contributed by atoms with Crippen molar-refractivity contribution in [2.24, 2.45) is 7.05 Å². The number of fused-ring (bicyclic) bond motifs is 1. The molecule has 3 aromatic heterocycles. The average molecular weight is 337 g/mol. The minimum absolute atomic E-state index is 0.326. The van der Waals surface area contributed by atoms with Crippen LogP contribution in [0.25, 0.3) is 16.7 Å². The molecule has 0 unspecified atom stereocenters. The zero-order valence-corrected chi connectivity index (χ0v) is 14.0. The van der Waals surface area contributed by atoms with Gasteiger partial charge in [0.2, 0.25) is 0 Å². The largest absolute Gasteiger partial charge is 0.337 e. The lowest BCUT2D eigenvalue weighted by Gasteiger charge is -2.09. The summed E-state index contributed by atoms with van der Waals surface area (Å²) in [6.07, 6.45) is 3.37. The van der Waals surface area contributed by atoms with Gasteiger partial charge in [0.25, 0.3) is 0 Å². The summed E-state index contributed by atoms with van der Waals surface area (Å²) in [5.41, 5.74) is 2.66. The second kappa shape index (κ2) is 5.66. The van der Waals surface area contributed by atoms with Gasteiger partial charge >= 0.3 is 0 Å². The fraction of sp³-hybridized carbons (Fsp3) is 0.176. The summed E-state index contributed by atoms with van der Waals surface area (Å²) in [7, 11) is 1.83. The van der Waals surface area contributed by atoms with Crippen LogP contribution in [0.4, 0.5) is 15.9 Å². The Morgan fingerprint density at radius 3 is 2.64 bits per heavy atom. The van der Waals surface area contributed by atoms with E-state index in [1.54, 1.807) is 40.0 Å². The molecule has 0 aliphatic carbocycles. The van der Waals surface area contributed by atoms with Gasteiger partial charge in [0.05, 0.1) is 29.2 Å². The SMILES string of the molecule is Cc1nc(Nc2cnn(-c3ccccc3F)c2C)c2cnn(C)c2n1. The molecule has 25 heavy (non-hydrogen) atoms. The van der Waals surface area contributed by atoms with E-state index in [0.29, 0.717) is 17.3 Å². The van der Waals surface area contributed by atoms with E-state index in [1.807, 2.05) is 20.9 Å². The first kappa shape index (κ1) is 15.3. The first-order chi connectivity index (χ1) is 12.0. The van der Waals surface area contributed by atoms with Crippen LogP contribution in [-0.4, -0.2) is 29.5 Å². The minimum atomic E-state index is -0.326. The summed E-state index contributed by atoms with van der Waals surface area (Å²) < 4.78 is 17.3. The van der Waals surface area contributed by atoms with Gasteiger partial charge in [-0.1, -0.05) is 12.1 Å². The van der Waals surface area contributed by atoms with E-state index in [-0.39, 0.29) is 5.82 Å². The molecule has 0 radical (unpaired) electrons. The Balaban J connectivity index is 1.77. The molecule has 0 amide bonds. The molecule has 3 heterocycles. The van der Waals surface area contributed by atoms with Crippen LogP contribution >= 0.6 is 0 Å². The minimum Gasteiger partial charge on any atom is -0.337 e. The number of anilines is 2. The van der Waals surface area contributed by atoms with Crippen molar-refractivity contribution >= 4 is 22.5 Å². The number of nitrogens with zero attached hydrogens (tertiary/aromatic N) is 6. The first-order valence-electron chi connectivity index (χ1n) is 7.77. The zero-order chi connectivity index (χ0) is 17.6. The van der Waals surface area contributed by atoms with Crippen LogP contribution in [0.15, 0.2) is 36.7 Å². The van der Waals surface area contributed by atoms with Crippen molar-refractivity contribution in [3.05, 3.63) is 54.0 Å². The Labute approximate surface area is 143 Å². The molecule has 0 saturated heterocycles. The van der Waals surface area contributed by atoms with Gasteiger partial charge in [-0.2, -0.15) is 10.2 Å². The number of aryl methyl sites for hydroxylation is 2. The molecule has 8 heteroatoms. The maximum Gasteiger partial charge on any atom is 0.163 e. The van der Waals surface area contributed by atoms with Crippen LogP contribution in [0.1, 0.15) is 11.5 Å². The predicted molar refractivity (Wildman–Crippen MR) is 92.6 cm³/mol. The third-order valence-electron chi connectivity index (χ3n) is 4.05. The number of aromatic nitrogens is 6. The van der Waals surface area contributed by atoms with Crippen LogP contribution in [0.2, 0.25) is 0 Å². The number of nitrogens with one attached hydrogen (secondary N) is 1. The molecule has 0 bridgehead atoms. The highest BCUT2D eigenvalue weighted by molar-refractivity contribution is 5.88. The summed E-state index contributed by atoms with van der Waals surface area (Å²) in [4.78, 5) is 8.87. The molecule has 0 fully saturated rings. The maximum atomic E-state index is 14.0. The van der Waals surface area contributed by atoms with E-state index in [4.69, 9.17) is 0 Å². The van der Waals surface area contributed by atoms with Crippen LogP contribution in [-0.2, 0) is 7.05 Å². The number of hydrogen-bond acceptors (Lipinski definition) is 5. The van der Waals surface area contributed by atoms with E-state index in [2.05, 4.69) is 25.5 Å². The van der Waals surface area contributed by atoms with Gasteiger partial charge in [0.1, 0.15) is 23.1 Å². The van der Waals surface area contributed by atoms with Gasteiger partial charge in [-0.05, 0) is 26.0 Å². The molecule has 0 aliphatic rings. The Morgan fingerprint density at radius 2 is 1.84 bits per heavy atom. The summed E-state index contributed by atoms with van der Waals surface area (Å²) in [6.45, 7) is 3.70. The Kier molecular flexibility index (Phi) is 3.45. The van der Waals surface area contributed by atoms with Crippen molar-refractivity contribution < 1.29 is 4.39 Å². The molecule has 7 nitrogen and oxygen atoms in total. The topological polar surface area (TPSA) is 73.5 Å². The van der Waals surface area contributed by atoms with E-state index in [9.17, 15) is 4.39 Å². The van der Waals surface area contributed by atoms with Gasteiger partial charge in [-0.15, -0.1) is 0 Å². The lowest BCUT2D eigenvalue weighted by Crippen LogP contribution is -2.03. The van der Waals surface area contributed by atoms with Crippen LogP contribution in [0, 0.1) is 19.7 Å². The summed E-state index contributed by atoms with van der Waals surface area (Å²) in [6, 6.07) is 6.53. The first-order valence-corrected chi connectivity index (χ1v) is 7.77. The van der Waals surface area contributed by atoms with Crippen LogP contribution in [0.3, 0.4) is 0 Å². The fourth-order valence-corrected chi connectivity index (χ4v) is 2.75. The van der Waals surface area contributed by atoms with Gasteiger partial charge < -0.3 is 5.32 Å². The summed E-state index contributed by atoms with van der Waals surface area (Å²) in [5.74, 6) is 0.956. The van der Waals surface area contributed by atoms with Crippen LogP contribution in [0.5, 0.6) is 0 Å². The maximum absolute atomic E-state index is 14.0. The average Bonchev–Trinajstić information content (AvgIpc) is 3.13. The Morgan fingerprint density at radius 1 is 1.04 bits per heavy atom. The number of hydrogen-bond donors (Lipinski definition) is 1. The van der Waals surface area contributed by atoms with Gasteiger partial charge in [0, 0.05) is 7.05 Å². The van der Waals surface area contributed by atoms with Crippen molar-refractivity contribution in [1.82, 2.24) is 29.5 Å². The van der Waals surface area contributed by atoms with E-state index in [0.717, 1.165) is 22.4 Å². The molecule has 1 aromatic carbocycles. The van der Waals surface area contributed by atoms with E-state index >= 15 is 0 Å². The van der Waals surface area contributed by atoms with E-state index < -0.39 is 0 Å². The standard InChI is InChI=1S/C17H16FN7/c1-10-14(9-20-25(10)15-7-5-4-6-13(15)18)23-16-12-8-19-24(3)17(12)22-11(2)21-16/h4-9H,1-3H3,(H,21,22,23). The summed E-state index contributed by atoms with van der Waals surface area (Å²) in [5, 5.41) is 12.6. The highest BCUT2D eigenvalue weighted by Crippen LogP contribution is 2.26. The van der Waals surface area contributed by atoms with Gasteiger partial charge in [-0.25, -0.2) is 19.0 Å². The lowest BCUT2D eigenvalue weighted by atomic mass is 10.3. The third kappa shape index (κ3) is 2.51. The number of benzene rings is 1. The zero-order valence-electron chi connectivity index (χ0n) is 14.0. The van der Waals surface area contributed by atoms with Crippen molar-refractivity contribution in [1.29, 1.82) is 0 Å². The van der Waals surface area contributed by atoms with Gasteiger partial charge in [-0.3, -0.25) is 4.68 Å². The summed E-state index contributed by atoms with van der Waals surface area (Å²) >= 11 is 0. The molecule has 4 aromatic rings. The molecule has 0 atom stereocenters. The molecule has 1 N–H and O–H groups in total. The van der Waals surface area contributed by atoms with Crippen LogP contribution < -0.4 is 5.32 Å². The number of halogens is 1. The quantitative estimate of drug-likeness (QED) is 0.622. The molecule has 0 aliphatic heterocycles. The molecular weight excluding hydrogens is 321 g/mol. The van der Waals surface area contributed by atoms with E-state index in [1.165, 1.54) is 6.07 Å². The predicted octanol–water partition coefficient (Wildman–Crippen LogP) is 3.05. The molecule has 0 saturated carbocycles. The smallest absolute Gasteiger partial charge is 0.163 e. The number of para-hydroxylation sites is 1. The molecule has 4 rings (SSSR count). The van der Waals surface area contributed by atoms with Crippen molar-refractivity contribution in [3.63, 3.8) is 0 Å². The fourth-order valence-electron chi connectivity index (χ4n) is 2.75. The third-order valence-corrected chi connectivity index (χ3v) is 4.05. The second-order valence-electron chi connectivity index (χ2n) is 5.76. The van der Waals surface area contributed by atoms with Crippen molar-refractivity contribution in [2.45, 2.75) is 13.8 Å². The second-order valence-corrected chi connectivity index (χ2v) is 5.76. The van der Waals surface area contributed by atoms with Gasteiger partial charge in [0.15, 0.2) is 5.65 Å². The molecule has 0 spiro atoms. The molecular formula is C17H16FN7. The number of rotatable bonds is 3. The normalized spacial score (nSPS) is 11.2. The monoisotopic (exact) mass is 337 g/mol. The Bertz CT molecular complexity index is 1080. The highest BCUT2D eigenvalue weighted by atomic mass is 19.1. The Hall–Kier alpha value is -3.29. The molecule has 126 valence electrons. The van der Waals surface area contributed by atoms with Crippen molar-refractivity contribution in [3.8, 4) is 5.69 Å². The highest BCUT2D eigenvalue weighted by Gasteiger charge is 2.15. The van der Waals surface area contributed by atoms with Crippen molar-refractivity contribution in [2.75, 3.05) is 5.32 Å². The lowest BCUT2D eigenvalue weighted by molar-refractivity contribution is 0.608.